The molecule has 0 N–H and O–H groups in total. The lowest BCUT2D eigenvalue weighted by Crippen LogP contribution is -2.50. The number of hydrogen-bond donors (Lipinski definition) is 0. The highest BCUT2D eigenvalue weighted by molar-refractivity contribution is 5.80. The normalized spacial score (nSPS) is 19.0. The lowest BCUT2D eigenvalue weighted by atomic mass is 10.00. The van der Waals surface area contributed by atoms with Crippen LogP contribution >= 0.6 is 0 Å². The number of likely N-dealkylation sites (tertiary alicyclic amines) is 2. The molecule has 0 unspecified atom stereocenters. The number of hydrogen-bond acceptors (Lipinski definition) is 4. The van der Waals surface area contributed by atoms with E-state index >= 15 is 0 Å². The van der Waals surface area contributed by atoms with Crippen LogP contribution in [-0.4, -0.2) is 57.1 Å². The minimum atomic E-state index is -0.623. The predicted octanol–water partition coefficient (Wildman–Crippen LogP) is 1.66. The number of benzene rings is 1. The van der Waals surface area contributed by atoms with Crippen molar-refractivity contribution in [3.63, 3.8) is 0 Å². The van der Waals surface area contributed by atoms with Gasteiger partial charge in [0.2, 0.25) is 5.91 Å². The SMILES string of the molecule is CCn1c(=O)c(=O)n(CC(=O)N2CCC(N3CCCCC3)CC2)c2ccccc21. The number of nitrogens with zero attached hydrogens (tertiary/aromatic N) is 4. The summed E-state index contributed by atoms with van der Waals surface area (Å²) < 4.78 is 2.83. The molecule has 0 bridgehead atoms. The molecule has 2 aliphatic rings. The largest absolute Gasteiger partial charge is 0.341 e. The molecule has 2 saturated heterocycles. The van der Waals surface area contributed by atoms with Gasteiger partial charge in [0.25, 0.3) is 0 Å². The first-order valence-electron chi connectivity index (χ1n) is 10.8. The van der Waals surface area contributed by atoms with Gasteiger partial charge in [0, 0.05) is 25.7 Å². The Kier molecular flexibility index (Phi) is 5.85. The second-order valence-corrected chi connectivity index (χ2v) is 8.14. The molecule has 0 atom stereocenters. The van der Waals surface area contributed by atoms with Crippen LogP contribution in [0, 0.1) is 0 Å². The zero-order valence-electron chi connectivity index (χ0n) is 17.2. The summed E-state index contributed by atoms with van der Waals surface area (Å²) in [5.74, 6) is -0.0806. The molecule has 2 fully saturated rings. The van der Waals surface area contributed by atoms with Gasteiger partial charge in [-0.1, -0.05) is 18.6 Å². The number of fused-ring (bicyclic) bond motifs is 1. The smallest absolute Gasteiger partial charge is 0.317 e. The van der Waals surface area contributed by atoms with E-state index < -0.39 is 11.1 Å². The summed E-state index contributed by atoms with van der Waals surface area (Å²) in [4.78, 5) is 42.6. The Hall–Kier alpha value is -2.41. The van der Waals surface area contributed by atoms with E-state index in [2.05, 4.69) is 4.90 Å². The molecular weight excluding hydrogens is 368 g/mol. The highest BCUT2D eigenvalue weighted by Crippen LogP contribution is 2.21. The summed E-state index contributed by atoms with van der Waals surface area (Å²) in [6.45, 7) is 5.98. The summed E-state index contributed by atoms with van der Waals surface area (Å²) in [5.41, 5.74) is 0.136. The molecule has 1 amide bonds. The van der Waals surface area contributed by atoms with Crippen molar-refractivity contribution in [1.29, 1.82) is 0 Å². The van der Waals surface area contributed by atoms with Gasteiger partial charge in [0.1, 0.15) is 6.54 Å². The van der Waals surface area contributed by atoms with E-state index in [0.717, 1.165) is 25.9 Å². The van der Waals surface area contributed by atoms with Gasteiger partial charge >= 0.3 is 11.1 Å². The minimum absolute atomic E-state index is 0.0759. The molecule has 1 aromatic carbocycles. The van der Waals surface area contributed by atoms with Gasteiger partial charge in [0.05, 0.1) is 11.0 Å². The molecule has 3 heterocycles. The fraction of sp³-hybridized carbons (Fsp3) is 0.591. The summed E-state index contributed by atoms with van der Waals surface area (Å²) in [6, 6.07) is 7.87. The maximum atomic E-state index is 13.0. The molecule has 4 rings (SSSR count). The summed E-state index contributed by atoms with van der Waals surface area (Å²) in [7, 11) is 0. The zero-order valence-corrected chi connectivity index (χ0v) is 17.2. The van der Waals surface area contributed by atoms with E-state index in [0.29, 0.717) is 23.6 Å². The molecule has 0 spiro atoms. The lowest BCUT2D eigenvalue weighted by molar-refractivity contribution is -0.133. The number of aromatic nitrogens is 2. The van der Waals surface area contributed by atoms with Crippen LogP contribution in [0.4, 0.5) is 0 Å². The number of rotatable bonds is 4. The van der Waals surface area contributed by atoms with Crippen molar-refractivity contribution in [2.45, 2.75) is 58.2 Å². The average Bonchev–Trinajstić information content (AvgIpc) is 2.78. The Balaban J connectivity index is 1.51. The quantitative estimate of drug-likeness (QED) is 0.735. The summed E-state index contributed by atoms with van der Waals surface area (Å²) >= 11 is 0. The predicted molar refractivity (Wildman–Crippen MR) is 113 cm³/mol. The van der Waals surface area contributed by atoms with Gasteiger partial charge in [-0.05, 0) is 57.8 Å². The third-order valence-corrected chi connectivity index (χ3v) is 6.47. The van der Waals surface area contributed by atoms with E-state index in [-0.39, 0.29) is 12.5 Å². The van der Waals surface area contributed by atoms with Crippen LogP contribution in [0.15, 0.2) is 33.9 Å². The van der Waals surface area contributed by atoms with Crippen molar-refractivity contribution in [2.24, 2.45) is 0 Å². The number of para-hydroxylation sites is 2. The van der Waals surface area contributed by atoms with Crippen LogP contribution in [0.5, 0.6) is 0 Å². The third-order valence-electron chi connectivity index (χ3n) is 6.47. The zero-order chi connectivity index (χ0) is 20.4. The molecule has 7 nitrogen and oxygen atoms in total. The van der Waals surface area contributed by atoms with Gasteiger partial charge < -0.3 is 14.4 Å². The van der Waals surface area contributed by atoms with Crippen LogP contribution in [0.1, 0.15) is 39.0 Å². The monoisotopic (exact) mass is 398 g/mol. The van der Waals surface area contributed by atoms with Crippen molar-refractivity contribution < 1.29 is 4.79 Å². The number of carbonyl (C=O) groups is 1. The van der Waals surface area contributed by atoms with Crippen LogP contribution < -0.4 is 11.1 Å². The molecule has 7 heteroatoms. The average molecular weight is 399 g/mol. The van der Waals surface area contributed by atoms with Crippen LogP contribution in [0.25, 0.3) is 11.0 Å². The molecule has 2 aromatic rings. The highest BCUT2D eigenvalue weighted by atomic mass is 16.2. The van der Waals surface area contributed by atoms with Gasteiger partial charge in [-0.25, -0.2) is 0 Å². The second-order valence-electron chi connectivity index (χ2n) is 8.14. The number of amides is 1. The third kappa shape index (κ3) is 3.88. The maximum Gasteiger partial charge on any atom is 0.317 e. The molecular formula is C22H30N4O3. The summed E-state index contributed by atoms with van der Waals surface area (Å²) in [6.07, 6.45) is 5.85. The first-order valence-corrected chi connectivity index (χ1v) is 10.8. The first-order chi connectivity index (χ1) is 14.1. The Bertz CT molecular complexity index is 995. The van der Waals surface area contributed by atoms with Crippen molar-refractivity contribution in [2.75, 3.05) is 26.2 Å². The number of carbonyl (C=O) groups excluding carboxylic acids is 1. The van der Waals surface area contributed by atoms with Crippen molar-refractivity contribution >= 4 is 16.9 Å². The van der Waals surface area contributed by atoms with Crippen LogP contribution in [0.2, 0.25) is 0 Å². The molecule has 0 radical (unpaired) electrons. The van der Waals surface area contributed by atoms with Crippen molar-refractivity contribution in [3.8, 4) is 0 Å². The number of piperidine rings is 2. The highest BCUT2D eigenvalue weighted by Gasteiger charge is 2.28. The summed E-state index contributed by atoms with van der Waals surface area (Å²) in [5, 5.41) is 0. The van der Waals surface area contributed by atoms with Crippen molar-refractivity contribution in [1.82, 2.24) is 18.9 Å². The fourth-order valence-electron chi connectivity index (χ4n) is 4.84. The van der Waals surface area contributed by atoms with E-state index in [9.17, 15) is 14.4 Å². The first kappa shape index (κ1) is 19.9. The van der Waals surface area contributed by atoms with E-state index in [1.54, 1.807) is 6.07 Å². The van der Waals surface area contributed by atoms with E-state index in [1.165, 1.54) is 41.5 Å². The number of aryl methyl sites for hydroxylation is 1. The van der Waals surface area contributed by atoms with Gasteiger partial charge in [-0.3, -0.25) is 19.0 Å². The Morgan fingerprint density at radius 1 is 0.897 bits per heavy atom. The van der Waals surface area contributed by atoms with Crippen LogP contribution in [0.3, 0.4) is 0 Å². The Morgan fingerprint density at radius 3 is 2.10 bits per heavy atom. The second kappa shape index (κ2) is 8.53. The molecule has 1 aromatic heterocycles. The molecule has 0 saturated carbocycles. The fourth-order valence-corrected chi connectivity index (χ4v) is 4.84. The van der Waals surface area contributed by atoms with Gasteiger partial charge in [-0.15, -0.1) is 0 Å². The van der Waals surface area contributed by atoms with E-state index in [4.69, 9.17) is 0 Å². The lowest BCUT2D eigenvalue weighted by Gasteiger charge is -2.40. The van der Waals surface area contributed by atoms with Crippen LogP contribution in [-0.2, 0) is 17.9 Å². The standard InChI is InChI=1S/C22H30N4O3/c1-2-25-18-8-4-5-9-19(18)26(22(29)21(25)28)16-20(27)24-14-10-17(11-15-24)23-12-6-3-7-13-23/h4-5,8-9,17H,2-3,6-7,10-16H2,1H3. The topological polar surface area (TPSA) is 67.5 Å². The molecule has 156 valence electrons. The Labute approximate surface area is 170 Å². The Morgan fingerprint density at radius 2 is 1.48 bits per heavy atom. The molecule has 29 heavy (non-hydrogen) atoms. The maximum absolute atomic E-state index is 13.0. The van der Waals surface area contributed by atoms with Crippen molar-refractivity contribution in [3.05, 3.63) is 45.0 Å². The minimum Gasteiger partial charge on any atom is -0.341 e. The molecule has 2 aliphatic heterocycles. The van der Waals surface area contributed by atoms with Gasteiger partial charge in [0.15, 0.2) is 0 Å². The van der Waals surface area contributed by atoms with E-state index in [1.807, 2.05) is 30.0 Å². The molecule has 0 aliphatic carbocycles. The van der Waals surface area contributed by atoms with Gasteiger partial charge in [-0.2, -0.15) is 0 Å².